The van der Waals surface area contributed by atoms with Crippen LogP contribution in [0.25, 0.3) is 0 Å². The SMILES string of the molecule is CCOC(=O)C(Cc1ccccc1)(C(=O)O)c1ccccc1Cl. The lowest BCUT2D eigenvalue weighted by molar-refractivity contribution is -0.161. The molecule has 0 saturated carbocycles. The highest BCUT2D eigenvalue weighted by molar-refractivity contribution is 6.32. The van der Waals surface area contributed by atoms with Crippen LogP contribution in [0.15, 0.2) is 54.6 Å². The van der Waals surface area contributed by atoms with Crippen LogP contribution in [0.2, 0.25) is 5.02 Å². The van der Waals surface area contributed by atoms with E-state index in [1.807, 2.05) is 6.07 Å². The minimum absolute atomic E-state index is 0.0360. The summed E-state index contributed by atoms with van der Waals surface area (Å²) in [4.78, 5) is 24.7. The molecule has 0 spiro atoms. The number of carboxylic acid groups (broad SMARTS) is 1. The van der Waals surface area contributed by atoms with E-state index in [0.717, 1.165) is 0 Å². The standard InChI is InChI=1S/C18H17ClO4/c1-2-23-17(22)18(16(20)21,12-13-8-4-3-5-9-13)14-10-6-7-11-15(14)19/h3-11H,2,12H2,1H3,(H,20,21). The molecule has 0 radical (unpaired) electrons. The van der Waals surface area contributed by atoms with E-state index in [-0.39, 0.29) is 23.6 Å². The van der Waals surface area contributed by atoms with Gasteiger partial charge in [0, 0.05) is 11.4 Å². The normalized spacial score (nSPS) is 13.1. The fourth-order valence-corrected chi connectivity index (χ4v) is 2.82. The maximum absolute atomic E-state index is 12.6. The smallest absolute Gasteiger partial charge is 0.328 e. The maximum Gasteiger partial charge on any atom is 0.328 e. The molecule has 0 heterocycles. The van der Waals surface area contributed by atoms with Gasteiger partial charge in [0.05, 0.1) is 6.61 Å². The van der Waals surface area contributed by atoms with Gasteiger partial charge in [-0.3, -0.25) is 9.59 Å². The van der Waals surface area contributed by atoms with Gasteiger partial charge in [0.15, 0.2) is 5.41 Å². The first kappa shape index (κ1) is 17.0. The first-order valence-electron chi connectivity index (χ1n) is 7.22. The molecule has 0 bridgehead atoms. The third-order valence-corrected chi connectivity index (χ3v) is 3.96. The predicted molar refractivity (Wildman–Crippen MR) is 87.5 cm³/mol. The summed E-state index contributed by atoms with van der Waals surface area (Å²) in [6.07, 6.45) is -0.0360. The average molecular weight is 333 g/mol. The van der Waals surface area contributed by atoms with Crippen LogP contribution in [0.5, 0.6) is 0 Å². The number of aliphatic carboxylic acids is 1. The number of hydrogen-bond donors (Lipinski definition) is 1. The van der Waals surface area contributed by atoms with Crippen LogP contribution in [-0.2, 0) is 26.2 Å². The van der Waals surface area contributed by atoms with Gasteiger partial charge in [0.1, 0.15) is 0 Å². The van der Waals surface area contributed by atoms with Gasteiger partial charge < -0.3 is 9.84 Å². The molecule has 4 nitrogen and oxygen atoms in total. The summed E-state index contributed by atoms with van der Waals surface area (Å²) in [7, 11) is 0. The molecular weight excluding hydrogens is 316 g/mol. The van der Waals surface area contributed by atoms with Crippen molar-refractivity contribution in [1.82, 2.24) is 0 Å². The molecule has 1 atom stereocenters. The Morgan fingerprint density at radius 3 is 2.26 bits per heavy atom. The van der Waals surface area contributed by atoms with Crippen molar-refractivity contribution in [3.63, 3.8) is 0 Å². The third-order valence-electron chi connectivity index (χ3n) is 3.63. The summed E-state index contributed by atoms with van der Waals surface area (Å²) in [5.41, 5.74) is -0.935. The lowest BCUT2D eigenvalue weighted by Crippen LogP contribution is -2.47. The molecule has 1 unspecified atom stereocenters. The van der Waals surface area contributed by atoms with Gasteiger partial charge >= 0.3 is 11.9 Å². The Labute approximate surface area is 139 Å². The van der Waals surface area contributed by atoms with Crippen molar-refractivity contribution in [2.24, 2.45) is 0 Å². The summed E-state index contributed by atoms with van der Waals surface area (Å²) in [5.74, 6) is -2.10. The molecule has 2 rings (SSSR count). The molecule has 23 heavy (non-hydrogen) atoms. The molecule has 1 N–H and O–H groups in total. The van der Waals surface area contributed by atoms with Gasteiger partial charge in [-0.15, -0.1) is 0 Å². The van der Waals surface area contributed by atoms with Crippen LogP contribution in [0, 0.1) is 0 Å². The topological polar surface area (TPSA) is 63.6 Å². The lowest BCUT2D eigenvalue weighted by atomic mass is 9.75. The molecule has 0 aliphatic heterocycles. The van der Waals surface area contributed by atoms with E-state index < -0.39 is 17.4 Å². The van der Waals surface area contributed by atoms with Gasteiger partial charge in [-0.25, -0.2) is 0 Å². The Bertz CT molecular complexity index is 699. The second-order valence-electron chi connectivity index (χ2n) is 5.07. The Balaban J connectivity index is 2.63. The number of carbonyl (C=O) groups excluding carboxylic acids is 1. The van der Waals surface area contributed by atoms with Crippen LogP contribution in [0.1, 0.15) is 18.1 Å². The third kappa shape index (κ3) is 3.37. The molecule has 120 valence electrons. The van der Waals surface area contributed by atoms with Gasteiger partial charge in [-0.1, -0.05) is 60.1 Å². The molecule has 0 aromatic heterocycles. The second-order valence-corrected chi connectivity index (χ2v) is 5.48. The summed E-state index contributed by atoms with van der Waals surface area (Å²) in [5, 5.41) is 10.1. The molecule has 0 amide bonds. The monoisotopic (exact) mass is 332 g/mol. The van der Waals surface area contributed by atoms with Crippen molar-refractivity contribution in [1.29, 1.82) is 0 Å². The Morgan fingerprint density at radius 2 is 1.70 bits per heavy atom. The quantitative estimate of drug-likeness (QED) is 0.650. The van der Waals surface area contributed by atoms with Crippen LogP contribution < -0.4 is 0 Å². The molecule has 5 heteroatoms. The Hall–Kier alpha value is -2.33. The van der Waals surface area contributed by atoms with Crippen molar-refractivity contribution in [2.75, 3.05) is 6.61 Å². The number of ether oxygens (including phenoxy) is 1. The number of hydrogen-bond acceptors (Lipinski definition) is 3. The minimum atomic E-state index is -1.88. The summed E-state index contributed by atoms with van der Waals surface area (Å²) in [6.45, 7) is 1.73. The fraction of sp³-hybridized carbons (Fsp3) is 0.222. The van der Waals surface area contributed by atoms with Crippen molar-refractivity contribution in [2.45, 2.75) is 18.8 Å². The Morgan fingerprint density at radius 1 is 1.09 bits per heavy atom. The zero-order valence-corrected chi connectivity index (χ0v) is 13.4. The van der Waals surface area contributed by atoms with E-state index in [4.69, 9.17) is 16.3 Å². The molecule has 0 saturated heterocycles. The molecule has 2 aromatic carbocycles. The predicted octanol–water partition coefficient (Wildman–Crippen LogP) is 3.47. The van der Waals surface area contributed by atoms with E-state index in [9.17, 15) is 14.7 Å². The van der Waals surface area contributed by atoms with Gasteiger partial charge in [0.2, 0.25) is 0 Å². The van der Waals surface area contributed by atoms with Crippen LogP contribution >= 0.6 is 11.6 Å². The average Bonchev–Trinajstić information content (AvgIpc) is 2.54. The number of halogens is 1. The highest BCUT2D eigenvalue weighted by Gasteiger charge is 2.50. The molecule has 2 aromatic rings. The molecule has 0 fully saturated rings. The second kappa shape index (κ2) is 7.29. The van der Waals surface area contributed by atoms with Crippen LogP contribution in [0.4, 0.5) is 0 Å². The van der Waals surface area contributed by atoms with E-state index in [0.29, 0.717) is 5.56 Å². The van der Waals surface area contributed by atoms with Gasteiger partial charge in [0.25, 0.3) is 0 Å². The van der Waals surface area contributed by atoms with Crippen molar-refractivity contribution >= 4 is 23.5 Å². The lowest BCUT2D eigenvalue weighted by Gasteiger charge is -2.28. The number of esters is 1. The number of benzene rings is 2. The van der Waals surface area contributed by atoms with E-state index in [2.05, 4.69) is 0 Å². The van der Waals surface area contributed by atoms with Crippen molar-refractivity contribution < 1.29 is 19.4 Å². The van der Waals surface area contributed by atoms with Crippen LogP contribution in [-0.4, -0.2) is 23.7 Å². The number of carbonyl (C=O) groups is 2. The highest BCUT2D eigenvalue weighted by Crippen LogP contribution is 2.35. The highest BCUT2D eigenvalue weighted by atomic mass is 35.5. The summed E-state index contributed by atoms with van der Waals surface area (Å²) in [6, 6.07) is 15.4. The number of carboxylic acids is 1. The minimum Gasteiger partial charge on any atom is -0.480 e. The Kier molecular flexibility index (Phi) is 5.40. The van der Waals surface area contributed by atoms with Gasteiger partial charge in [-0.05, 0) is 24.1 Å². The number of rotatable bonds is 6. The molecule has 0 aliphatic carbocycles. The zero-order chi connectivity index (χ0) is 16.9. The van der Waals surface area contributed by atoms with E-state index >= 15 is 0 Å². The van der Waals surface area contributed by atoms with Crippen molar-refractivity contribution in [3.05, 3.63) is 70.7 Å². The first-order valence-corrected chi connectivity index (χ1v) is 7.59. The first-order chi connectivity index (χ1) is 11.0. The van der Waals surface area contributed by atoms with Crippen LogP contribution in [0.3, 0.4) is 0 Å². The molecular formula is C18H17ClO4. The van der Waals surface area contributed by atoms with E-state index in [1.54, 1.807) is 55.5 Å². The van der Waals surface area contributed by atoms with E-state index in [1.165, 1.54) is 0 Å². The summed E-state index contributed by atoms with van der Waals surface area (Å²) < 4.78 is 5.07. The van der Waals surface area contributed by atoms with Crippen molar-refractivity contribution in [3.8, 4) is 0 Å². The fourth-order valence-electron chi connectivity index (χ4n) is 2.52. The molecule has 0 aliphatic rings. The summed E-state index contributed by atoms with van der Waals surface area (Å²) >= 11 is 6.19. The zero-order valence-electron chi connectivity index (χ0n) is 12.7. The maximum atomic E-state index is 12.6. The largest absolute Gasteiger partial charge is 0.480 e. The van der Waals surface area contributed by atoms with Gasteiger partial charge in [-0.2, -0.15) is 0 Å².